The average molecular weight is 760 g/mol. The summed E-state index contributed by atoms with van der Waals surface area (Å²) in [5.74, 6) is -0.178. The maximum Gasteiger partial charge on any atom is 0.573 e. The Hall–Kier alpha value is -4.21. The normalized spacial score (nSPS) is 16.8. The number of ether oxygens (including phenoxy) is 1. The Bertz CT molecular complexity index is 1860. The number of amides is 3. The van der Waals surface area contributed by atoms with Crippen LogP contribution in [-0.2, 0) is 4.79 Å². The Morgan fingerprint density at radius 1 is 1.10 bits per heavy atom. The van der Waals surface area contributed by atoms with Gasteiger partial charge in [-0.25, -0.2) is 14.5 Å². The van der Waals surface area contributed by atoms with Gasteiger partial charge < -0.3 is 15.2 Å². The molecule has 15 heteroatoms. The fourth-order valence-corrected chi connectivity index (χ4v) is 6.68. The highest BCUT2D eigenvalue weighted by Gasteiger charge is 2.47. The van der Waals surface area contributed by atoms with E-state index >= 15 is 0 Å². The first-order chi connectivity index (χ1) is 23.0. The van der Waals surface area contributed by atoms with Crippen LogP contribution in [0.3, 0.4) is 0 Å². The van der Waals surface area contributed by atoms with E-state index in [1.54, 1.807) is 13.8 Å². The smallest absolute Gasteiger partial charge is 0.406 e. The number of nitrogens with one attached hydrogen (secondary N) is 1. The number of alkyl halides is 4. The molecule has 1 aromatic heterocycles. The zero-order valence-corrected chi connectivity index (χ0v) is 29.6. The van der Waals surface area contributed by atoms with Crippen molar-refractivity contribution in [2.45, 2.75) is 62.6 Å². The third-order valence-electron chi connectivity index (χ3n) is 7.54. The van der Waals surface area contributed by atoms with E-state index in [9.17, 15) is 27.9 Å². The van der Waals surface area contributed by atoms with Crippen molar-refractivity contribution in [1.82, 2.24) is 20.1 Å². The first-order valence-electron chi connectivity index (χ1n) is 15.2. The zero-order valence-electron chi connectivity index (χ0n) is 27.2. The molecule has 4 aromatic rings. The van der Waals surface area contributed by atoms with E-state index in [-0.39, 0.29) is 34.1 Å². The van der Waals surface area contributed by atoms with Gasteiger partial charge in [0.25, 0.3) is 0 Å². The zero-order chi connectivity index (χ0) is 35.7. The van der Waals surface area contributed by atoms with Gasteiger partial charge in [0.2, 0.25) is 5.91 Å². The molecule has 0 radical (unpaired) electrons. The van der Waals surface area contributed by atoms with Crippen molar-refractivity contribution < 1.29 is 32.6 Å². The number of carbonyl (C=O) groups excluding carboxylic acids is 2. The van der Waals surface area contributed by atoms with Crippen LogP contribution in [-0.4, -0.2) is 60.7 Å². The summed E-state index contributed by atoms with van der Waals surface area (Å²) >= 11 is 4.67. The SMILES string of the molecule is Cc1ccc(C(C)C)c(N2C(=O)C(C(C)(C)O)SC2=NC(=O)NCC(Br)c2ccc(-c3ncn(-c4ccc(OC(F)(F)F)cc4)n3)cc2)c1. The minimum Gasteiger partial charge on any atom is -0.406 e. The highest BCUT2D eigenvalue weighted by atomic mass is 79.9. The number of carbonyl (C=O) groups is 2. The van der Waals surface area contributed by atoms with Crippen molar-refractivity contribution in [2.24, 2.45) is 4.99 Å². The number of aliphatic hydroxyl groups is 1. The maximum atomic E-state index is 13.6. The molecule has 0 saturated carbocycles. The van der Waals surface area contributed by atoms with Gasteiger partial charge >= 0.3 is 12.4 Å². The Morgan fingerprint density at radius 3 is 2.39 bits per heavy atom. The van der Waals surface area contributed by atoms with Crippen LogP contribution in [0.2, 0.25) is 0 Å². The van der Waals surface area contributed by atoms with Crippen LogP contribution in [0.5, 0.6) is 5.75 Å². The summed E-state index contributed by atoms with van der Waals surface area (Å²) in [6.45, 7) is 9.27. The number of rotatable bonds is 9. The third-order valence-corrected chi connectivity index (χ3v) is 9.89. The molecule has 1 aliphatic heterocycles. The summed E-state index contributed by atoms with van der Waals surface area (Å²) in [4.78, 5) is 36.4. The molecule has 2 N–H and O–H groups in total. The van der Waals surface area contributed by atoms with Crippen LogP contribution in [0.4, 0.5) is 23.7 Å². The lowest BCUT2D eigenvalue weighted by Gasteiger charge is -2.25. The Morgan fingerprint density at radius 2 is 1.78 bits per heavy atom. The van der Waals surface area contributed by atoms with Gasteiger partial charge in [0, 0.05) is 12.1 Å². The monoisotopic (exact) mass is 758 g/mol. The molecule has 0 aliphatic carbocycles. The molecule has 258 valence electrons. The third kappa shape index (κ3) is 8.69. The van der Waals surface area contributed by atoms with Crippen molar-refractivity contribution >= 4 is 50.5 Å². The number of nitrogens with zero attached hydrogens (tertiary/aromatic N) is 5. The van der Waals surface area contributed by atoms with E-state index in [0.717, 1.165) is 28.5 Å². The lowest BCUT2D eigenvalue weighted by atomic mass is 9.97. The Labute approximate surface area is 293 Å². The predicted octanol–water partition coefficient (Wildman–Crippen LogP) is 7.69. The summed E-state index contributed by atoms with van der Waals surface area (Å²) in [5, 5.41) is 17.3. The predicted molar refractivity (Wildman–Crippen MR) is 186 cm³/mol. The molecule has 0 bridgehead atoms. The molecular formula is C34H34BrF3N6O4S. The second-order valence-corrected chi connectivity index (χ2v) is 14.4. The lowest BCUT2D eigenvalue weighted by molar-refractivity contribution is -0.274. The summed E-state index contributed by atoms with van der Waals surface area (Å²) in [5.41, 5.74) is 3.21. The Balaban J connectivity index is 1.26. The number of aliphatic imine (C=N–C) groups is 1. The van der Waals surface area contributed by atoms with Gasteiger partial charge in [0.1, 0.15) is 17.3 Å². The quantitative estimate of drug-likeness (QED) is 0.168. The van der Waals surface area contributed by atoms with Crippen LogP contribution in [0.15, 0.2) is 78.0 Å². The van der Waals surface area contributed by atoms with Crippen molar-refractivity contribution in [2.75, 3.05) is 11.4 Å². The van der Waals surface area contributed by atoms with Gasteiger partial charge in [-0.05, 0) is 73.7 Å². The largest absolute Gasteiger partial charge is 0.573 e. The van der Waals surface area contributed by atoms with Gasteiger partial charge in [-0.1, -0.05) is 77.9 Å². The van der Waals surface area contributed by atoms with Gasteiger partial charge in [-0.3, -0.25) is 9.69 Å². The first-order valence-corrected chi connectivity index (χ1v) is 17.0. The fourth-order valence-electron chi connectivity index (χ4n) is 5.08. The van der Waals surface area contributed by atoms with E-state index in [1.807, 2.05) is 63.2 Å². The van der Waals surface area contributed by atoms with Crippen LogP contribution in [0.25, 0.3) is 17.1 Å². The van der Waals surface area contributed by atoms with E-state index in [0.29, 0.717) is 22.8 Å². The molecular weight excluding hydrogens is 725 g/mol. The molecule has 3 amide bonds. The molecule has 1 aliphatic rings. The summed E-state index contributed by atoms with van der Waals surface area (Å²) in [6, 6.07) is 17.8. The molecule has 10 nitrogen and oxygen atoms in total. The number of aromatic nitrogens is 3. The van der Waals surface area contributed by atoms with Crippen molar-refractivity contribution in [3.63, 3.8) is 0 Å². The van der Waals surface area contributed by atoms with Gasteiger partial charge in [-0.15, -0.1) is 18.3 Å². The van der Waals surface area contributed by atoms with Gasteiger partial charge in [0.15, 0.2) is 11.0 Å². The number of amidine groups is 1. The van der Waals surface area contributed by atoms with E-state index in [4.69, 9.17) is 0 Å². The number of hydrogen-bond donors (Lipinski definition) is 2. The van der Waals surface area contributed by atoms with Crippen LogP contribution in [0.1, 0.15) is 55.1 Å². The lowest BCUT2D eigenvalue weighted by Crippen LogP contribution is -2.42. The van der Waals surface area contributed by atoms with Crippen LogP contribution >= 0.6 is 27.7 Å². The van der Waals surface area contributed by atoms with E-state index in [2.05, 4.69) is 41.1 Å². The number of urea groups is 1. The number of aryl methyl sites for hydroxylation is 1. The minimum absolute atomic E-state index is 0.0965. The van der Waals surface area contributed by atoms with Crippen LogP contribution in [0, 0.1) is 6.92 Å². The highest BCUT2D eigenvalue weighted by molar-refractivity contribution is 9.09. The van der Waals surface area contributed by atoms with Gasteiger partial charge in [0.05, 0.1) is 21.8 Å². The molecule has 2 atom stereocenters. The summed E-state index contributed by atoms with van der Waals surface area (Å²) < 4.78 is 42.7. The molecule has 3 aromatic carbocycles. The standard InChI is InChI=1S/C34H34BrF3N6O4S/c1-19(2)25-15-6-20(3)16-27(25)44-30(45)28(33(4,5)47)49-32(44)41-31(46)39-17-26(35)21-7-9-22(10-8-21)29-40-18-43(42-29)23-11-13-24(14-12-23)48-34(36,37)38/h6-16,18-19,26,28,47H,17H2,1-5H3,(H,39,46). The number of thioether (sulfide) groups is 1. The fraction of sp³-hybridized carbons (Fsp3) is 0.324. The molecule has 1 saturated heterocycles. The molecule has 1 fully saturated rings. The second kappa shape index (κ2) is 14.3. The average Bonchev–Trinajstić information content (AvgIpc) is 3.64. The maximum absolute atomic E-state index is 13.6. The van der Waals surface area contributed by atoms with Crippen molar-refractivity contribution in [3.05, 3.63) is 89.7 Å². The van der Waals surface area contributed by atoms with Gasteiger partial charge in [-0.2, -0.15) is 4.99 Å². The number of benzene rings is 3. The Kier molecular flexibility index (Phi) is 10.6. The molecule has 49 heavy (non-hydrogen) atoms. The van der Waals surface area contributed by atoms with Crippen LogP contribution < -0.4 is 15.0 Å². The number of halogens is 4. The second-order valence-electron chi connectivity index (χ2n) is 12.3. The molecule has 2 unspecified atom stereocenters. The molecule has 2 heterocycles. The number of anilines is 1. The highest BCUT2D eigenvalue weighted by Crippen LogP contribution is 2.40. The summed E-state index contributed by atoms with van der Waals surface area (Å²) in [6.07, 6.45) is -3.32. The number of hydrogen-bond acceptors (Lipinski definition) is 7. The van der Waals surface area contributed by atoms with Crippen molar-refractivity contribution in [3.8, 4) is 22.8 Å². The molecule has 0 spiro atoms. The van der Waals surface area contributed by atoms with Crippen molar-refractivity contribution in [1.29, 1.82) is 0 Å². The summed E-state index contributed by atoms with van der Waals surface area (Å²) in [7, 11) is 0. The molecule has 5 rings (SSSR count). The van der Waals surface area contributed by atoms with E-state index in [1.165, 1.54) is 40.2 Å². The minimum atomic E-state index is -4.78. The van der Waals surface area contributed by atoms with E-state index < -0.39 is 23.2 Å². The topological polar surface area (TPSA) is 122 Å². The first kappa shape index (κ1) is 36.1.